The Morgan fingerprint density at radius 2 is 1.83 bits per heavy atom. The number of carbonyl (C=O) groups is 2. The number of carboxylic acid groups (broad SMARTS) is 1. The number of aliphatic carboxylic acids is 1. The number of ether oxygens (including phenoxy) is 1. The molecule has 1 aromatic heterocycles. The van der Waals surface area contributed by atoms with Gasteiger partial charge in [-0.15, -0.1) is 0 Å². The molecule has 2 unspecified atom stereocenters. The predicted octanol–water partition coefficient (Wildman–Crippen LogP) is 1.90. The molecule has 1 aromatic carbocycles. The number of aromatic nitrogens is 1. The van der Waals surface area contributed by atoms with Crippen molar-refractivity contribution in [2.45, 2.75) is 38.6 Å². The summed E-state index contributed by atoms with van der Waals surface area (Å²) in [4.78, 5) is 22.9. The molecule has 0 amide bonds. The van der Waals surface area contributed by atoms with Crippen LogP contribution in [0.4, 0.5) is 4.79 Å². The smallest absolute Gasteiger partial charge is 0.418 e. The van der Waals surface area contributed by atoms with E-state index in [1.54, 1.807) is 32.9 Å². The second kappa shape index (κ2) is 6.02. The van der Waals surface area contributed by atoms with Crippen LogP contribution < -0.4 is 0 Å². The van der Waals surface area contributed by atoms with E-state index in [1.807, 2.05) is 0 Å². The number of carbonyl (C=O) groups excluding carboxylic acids is 1. The van der Waals surface area contributed by atoms with Crippen LogP contribution in [0.3, 0.4) is 0 Å². The summed E-state index contributed by atoms with van der Waals surface area (Å²) >= 11 is 0. The minimum Gasteiger partial charge on any atom is -0.479 e. The van der Waals surface area contributed by atoms with E-state index in [1.165, 1.54) is 22.9 Å². The highest BCUT2D eigenvalue weighted by Crippen LogP contribution is 2.24. The van der Waals surface area contributed by atoms with E-state index >= 15 is 0 Å². The third-order valence-corrected chi connectivity index (χ3v) is 3.20. The Kier molecular flexibility index (Phi) is 4.44. The Balaban J connectivity index is 2.34. The summed E-state index contributed by atoms with van der Waals surface area (Å²) in [6.45, 7) is 5.29. The summed E-state index contributed by atoms with van der Waals surface area (Å²) in [6, 6.07) is 6.18. The van der Waals surface area contributed by atoms with Crippen molar-refractivity contribution in [3.63, 3.8) is 0 Å². The lowest BCUT2D eigenvalue weighted by Crippen LogP contribution is -2.27. The maximum atomic E-state index is 12.1. The normalized spacial score (nSPS) is 14.5. The highest BCUT2D eigenvalue weighted by atomic mass is 16.6. The van der Waals surface area contributed by atoms with Gasteiger partial charge in [-0.25, -0.2) is 9.59 Å². The van der Waals surface area contributed by atoms with Crippen LogP contribution >= 0.6 is 0 Å². The number of aliphatic hydroxyl groups is 2. The second-order valence-corrected chi connectivity index (χ2v) is 6.21. The van der Waals surface area contributed by atoms with Crippen LogP contribution in [-0.4, -0.2) is 43.7 Å². The van der Waals surface area contributed by atoms with Gasteiger partial charge < -0.3 is 20.1 Å². The highest BCUT2D eigenvalue weighted by molar-refractivity contribution is 5.90. The molecule has 2 aromatic rings. The average Bonchev–Trinajstić information content (AvgIpc) is 2.86. The van der Waals surface area contributed by atoms with Crippen LogP contribution in [0, 0.1) is 0 Å². The number of hydrogen-bond donors (Lipinski definition) is 3. The average molecular weight is 321 g/mol. The molecule has 0 aliphatic carbocycles. The third-order valence-electron chi connectivity index (χ3n) is 3.20. The van der Waals surface area contributed by atoms with Gasteiger partial charge in [-0.05, 0) is 44.5 Å². The second-order valence-electron chi connectivity index (χ2n) is 6.21. The molecular formula is C16H19NO6. The molecule has 0 saturated heterocycles. The van der Waals surface area contributed by atoms with Gasteiger partial charge in [-0.2, -0.15) is 0 Å². The third kappa shape index (κ3) is 3.69. The van der Waals surface area contributed by atoms with Gasteiger partial charge in [-0.3, -0.25) is 4.57 Å². The zero-order chi connectivity index (χ0) is 17.4. The van der Waals surface area contributed by atoms with E-state index in [2.05, 4.69) is 0 Å². The van der Waals surface area contributed by atoms with Crippen LogP contribution in [0.15, 0.2) is 30.5 Å². The molecule has 0 radical (unpaired) electrons. The first-order valence-electron chi connectivity index (χ1n) is 7.03. The molecule has 2 atom stereocenters. The maximum absolute atomic E-state index is 12.1. The van der Waals surface area contributed by atoms with Crippen LogP contribution in [0.2, 0.25) is 0 Å². The number of nitrogens with zero attached hydrogens (tertiary/aromatic N) is 1. The summed E-state index contributed by atoms with van der Waals surface area (Å²) in [6.07, 6.45) is -2.48. The molecule has 2 rings (SSSR count). The fraction of sp³-hybridized carbons (Fsp3) is 0.375. The van der Waals surface area contributed by atoms with Crippen molar-refractivity contribution in [2.75, 3.05) is 0 Å². The molecule has 1 heterocycles. The number of carboxylic acids is 1. The fourth-order valence-corrected chi connectivity index (χ4v) is 2.13. The van der Waals surface area contributed by atoms with Crippen LogP contribution in [0.25, 0.3) is 10.9 Å². The van der Waals surface area contributed by atoms with Crippen molar-refractivity contribution < 1.29 is 29.6 Å². The lowest BCUT2D eigenvalue weighted by molar-refractivity contribution is -0.153. The van der Waals surface area contributed by atoms with Crippen molar-refractivity contribution in [3.05, 3.63) is 36.0 Å². The van der Waals surface area contributed by atoms with Gasteiger partial charge in [0.1, 0.15) is 11.7 Å². The molecule has 124 valence electrons. The van der Waals surface area contributed by atoms with E-state index in [-0.39, 0.29) is 5.56 Å². The number of rotatable bonds is 3. The van der Waals surface area contributed by atoms with Gasteiger partial charge in [0.15, 0.2) is 6.10 Å². The summed E-state index contributed by atoms with van der Waals surface area (Å²) < 4.78 is 6.62. The van der Waals surface area contributed by atoms with Crippen molar-refractivity contribution in [1.82, 2.24) is 4.57 Å². The first kappa shape index (κ1) is 17.0. The molecule has 7 nitrogen and oxygen atoms in total. The topological polar surface area (TPSA) is 109 Å². The number of hydrogen-bond acceptors (Lipinski definition) is 5. The predicted molar refractivity (Wildman–Crippen MR) is 82.2 cm³/mol. The van der Waals surface area contributed by atoms with Gasteiger partial charge in [0.2, 0.25) is 0 Å². The van der Waals surface area contributed by atoms with E-state index in [9.17, 15) is 19.8 Å². The van der Waals surface area contributed by atoms with Crippen molar-refractivity contribution >= 4 is 23.0 Å². The molecular weight excluding hydrogens is 302 g/mol. The molecule has 23 heavy (non-hydrogen) atoms. The molecule has 0 saturated carbocycles. The summed E-state index contributed by atoms with van der Waals surface area (Å²) in [5, 5.41) is 28.6. The zero-order valence-electron chi connectivity index (χ0n) is 13.1. The van der Waals surface area contributed by atoms with Gasteiger partial charge in [0.05, 0.1) is 5.52 Å². The SMILES string of the molecule is CC(C)(C)OC(=O)n1ccc2cc(C(O)C(O)C(=O)O)ccc21. The van der Waals surface area contributed by atoms with Gasteiger partial charge in [0, 0.05) is 11.6 Å². The molecule has 0 aliphatic rings. The Labute approximate surface area is 132 Å². The van der Waals surface area contributed by atoms with Crippen molar-refractivity contribution in [3.8, 4) is 0 Å². The van der Waals surface area contributed by atoms with Crippen LogP contribution in [0.5, 0.6) is 0 Å². The van der Waals surface area contributed by atoms with Crippen LogP contribution in [-0.2, 0) is 9.53 Å². The van der Waals surface area contributed by atoms with Gasteiger partial charge in [0.25, 0.3) is 0 Å². The maximum Gasteiger partial charge on any atom is 0.418 e. The number of aliphatic hydroxyl groups excluding tert-OH is 2. The Bertz CT molecular complexity index is 743. The first-order chi connectivity index (χ1) is 10.6. The molecule has 0 bridgehead atoms. The fourth-order valence-electron chi connectivity index (χ4n) is 2.13. The first-order valence-corrected chi connectivity index (χ1v) is 7.03. The summed E-state index contributed by atoms with van der Waals surface area (Å²) in [7, 11) is 0. The van der Waals surface area contributed by atoms with Crippen molar-refractivity contribution in [1.29, 1.82) is 0 Å². The van der Waals surface area contributed by atoms with Gasteiger partial charge >= 0.3 is 12.1 Å². The number of benzene rings is 1. The van der Waals surface area contributed by atoms with Gasteiger partial charge in [-0.1, -0.05) is 6.07 Å². The lowest BCUT2D eigenvalue weighted by Gasteiger charge is -2.20. The highest BCUT2D eigenvalue weighted by Gasteiger charge is 2.26. The van der Waals surface area contributed by atoms with Crippen molar-refractivity contribution in [2.24, 2.45) is 0 Å². The molecule has 0 fully saturated rings. The monoisotopic (exact) mass is 321 g/mol. The van der Waals surface area contributed by atoms with E-state index in [4.69, 9.17) is 9.84 Å². The Hall–Kier alpha value is -2.38. The summed E-state index contributed by atoms with van der Waals surface area (Å²) in [5.41, 5.74) is 0.171. The molecule has 3 N–H and O–H groups in total. The molecule has 0 aliphatic heterocycles. The van der Waals surface area contributed by atoms with E-state index in [0.717, 1.165) is 0 Å². The lowest BCUT2D eigenvalue weighted by atomic mass is 10.0. The largest absolute Gasteiger partial charge is 0.479 e. The minimum absolute atomic E-state index is 0.245. The molecule has 7 heteroatoms. The molecule has 0 spiro atoms. The summed E-state index contributed by atoms with van der Waals surface area (Å²) in [5.74, 6) is -1.51. The Morgan fingerprint density at radius 1 is 1.17 bits per heavy atom. The standard InChI is InChI=1S/C16H19NO6/c1-16(2,3)23-15(22)17-7-6-9-8-10(4-5-11(9)17)12(18)13(19)14(20)21/h4-8,12-13,18-19H,1-3H3,(H,20,21). The quantitative estimate of drug-likeness (QED) is 0.796. The number of fused-ring (bicyclic) bond motifs is 1. The Morgan fingerprint density at radius 3 is 2.39 bits per heavy atom. The zero-order valence-corrected chi connectivity index (χ0v) is 13.1. The minimum atomic E-state index is -1.92. The van der Waals surface area contributed by atoms with Crippen LogP contribution in [0.1, 0.15) is 32.4 Å². The van der Waals surface area contributed by atoms with E-state index in [0.29, 0.717) is 10.9 Å². The van der Waals surface area contributed by atoms with E-state index < -0.39 is 29.9 Å².